The van der Waals surface area contributed by atoms with Crippen LogP contribution in [0.2, 0.25) is 0 Å². The van der Waals surface area contributed by atoms with Crippen LogP contribution >= 0.6 is 0 Å². The van der Waals surface area contributed by atoms with Crippen LogP contribution in [0.5, 0.6) is 11.5 Å². The van der Waals surface area contributed by atoms with E-state index in [-0.39, 0.29) is 18.9 Å². The van der Waals surface area contributed by atoms with E-state index in [2.05, 4.69) is 19.2 Å². The maximum Gasteiger partial charge on any atom is 0.303 e. The third kappa shape index (κ3) is 8.41. The minimum Gasteiger partial charge on any atom is -0.493 e. The van der Waals surface area contributed by atoms with E-state index in [0.717, 1.165) is 0 Å². The van der Waals surface area contributed by atoms with E-state index in [4.69, 9.17) is 14.6 Å². The first kappa shape index (κ1) is 19.8. The second kappa shape index (κ2) is 9.15. The lowest BCUT2D eigenvalue weighted by molar-refractivity contribution is -0.138. The summed E-state index contributed by atoms with van der Waals surface area (Å²) in [6.45, 7) is 8.18. The maximum absolute atomic E-state index is 12.0. The summed E-state index contributed by atoms with van der Waals surface area (Å²) in [5.41, 5.74) is -0.596. The minimum atomic E-state index is -0.883. The molecule has 0 heterocycles. The van der Waals surface area contributed by atoms with E-state index < -0.39 is 11.5 Å². The second-order valence-corrected chi connectivity index (χ2v) is 6.79. The molecule has 1 aromatic rings. The lowest BCUT2D eigenvalue weighted by atomic mass is 9.98. The molecule has 1 amide bonds. The van der Waals surface area contributed by atoms with Crippen LogP contribution in [-0.2, 0) is 9.59 Å². The summed E-state index contributed by atoms with van der Waals surface area (Å²) < 4.78 is 11.1. The van der Waals surface area contributed by atoms with Crippen molar-refractivity contribution in [2.45, 2.75) is 46.1 Å². The number of carboxylic acid groups (broad SMARTS) is 1. The molecule has 0 fully saturated rings. The molecule has 6 nitrogen and oxygen atoms in total. The molecule has 6 heteroatoms. The average Bonchev–Trinajstić information content (AvgIpc) is 2.49. The molecule has 0 aliphatic carbocycles. The molecule has 0 saturated heterocycles. The zero-order valence-corrected chi connectivity index (χ0v) is 14.8. The van der Waals surface area contributed by atoms with Crippen LogP contribution in [0.15, 0.2) is 24.3 Å². The molecule has 24 heavy (non-hydrogen) atoms. The topological polar surface area (TPSA) is 84.9 Å². The average molecular weight is 337 g/mol. The van der Waals surface area contributed by atoms with Gasteiger partial charge in [0.15, 0.2) is 6.61 Å². The van der Waals surface area contributed by atoms with Crippen LogP contribution in [-0.4, -0.2) is 35.7 Å². The molecule has 2 N–H and O–H groups in total. The molecular formula is C18H27NO5. The lowest BCUT2D eigenvalue weighted by Crippen LogP contribution is -2.45. The first-order valence-corrected chi connectivity index (χ1v) is 8.06. The zero-order valence-electron chi connectivity index (χ0n) is 14.8. The predicted molar refractivity (Wildman–Crippen MR) is 91.4 cm³/mol. The van der Waals surface area contributed by atoms with Crippen molar-refractivity contribution in [1.82, 2.24) is 5.32 Å². The summed E-state index contributed by atoms with van der Waals surface area (Å²) in [6, 6.07) is 7.14. The summed E-state index contributed by atoms with van der Waals surface area (Å²) in [4.78, 5) is 22.6. The molecule has 0 aliphatic rings. The summed E-state index contributed by atoms with van der Waals surface area (Å²) in [5, 5.41) is 11.5. The Bertz CT molecular complexity index is 554. The number of amides is 1. The Morgan fingerprint density at radius 1 is 1.21 bits per heavy atom. The van der Waals surface area contributed by atoms with Crippen molar-refractivity contribution in [3.63, 3.8) is 0 Å². The van der Waals surface area contributed by atoms with Gasteiger partial charge in [-0.1, -0.05) is 19.9 Å². The van der Waals surface area contributed by atoms with Crippen LogP contribution in [0.1, 0.15) is 40.5 Å². The lowest BCUT2D eigenvalue weighted by Gasteiger charge is -2.25. The Morgan fingerprint density at radius 2 is 1.83 bits per heavy atom. The summed E-state index contributed by atoms with van der Waals surface area (Å²) in [7, 11) is 0. The number of carbonyl (C=O) groups excluding carboxylic acids is 1. The van der Waals surface area contributed by atoms with Gasteiger partial charge in [-0.25, -0.2) is 0 Å². The van der Waals surface area contributed by atoms with E-state index in [1.807, 2.05) is 6.07 Å². The number of aliphatic carboxylic acids is 1. The van der Waals surface area contributed by atoms with Gasteiger partial charge in [-0.3, -0.25) is 9.59 Å². The molecule has 134 valence electrons. The molecule has 1 rings (SSSR count). The molecule has 1 aromatic carbocycles. The van der Waals surface area contributed by atoms with Crippen molar-refractivity contribution in [2.24, 2.45) is 5.92 Å². The summed E-state index contributed by atoms with van der Waals surface area (Å²) >= 11 is 0. The van der Waals surface area contributed by atoms with Gasteiger partial charge in [0.05, 0.1) is 6.61 Å². The minimum absolute atomic E-state index is 0.00335. The highest BCUT2D eigenvalue weighted by molar-refractivity contribution is 5.78. The van der Waals surface area contributed by atoms with Gasteiger partial charge in [0.2, 0.25) is 0 Å². The van der Waals surface area contributed by atoms with E-state index in [9.17, 15) is 9.59 Å². The zero-order chi connectivity index (χ0) is 18.2. The van der Waals surface area contributed by atoms with Gasteiger partial charge in [-0.2, -0.15) is 0 Å². The number of hydrogen-bond donors (Lipinski definition) is 2. The molecule has 0 aliphatic heterocycles. The largest absolute Gasteiger partial charge is 0.493 e. The second-order valence-electron chi connectivity index (χ2n) is 6.79. The predicted octanol–water partition coefficient (Wildman–Crippen LogP) is 2.86. The number of carbonyl (C=O) groups is 2. The van der Waals surface area contributed by atoms with Crippen molar-refractivity contribution in [3.05, 3.63) is 24.3 Å². The van der Waals surface area contributed by atoms with Crippen molar-refractivity contribution in [3.8, 4) is 11.5 Å². The maximum atomic E-state index is 12.0. The Kier molecular flexibility index (Phi) is 7.55. The molecule has 0 unspecified atom stereocenters. The van der Waals surface area contributed by atoms with Crippen LogP contribution in [0, 0.1) is 5.92 Å². The molecule has 0 saturated carbocycles. The van der Waals surface area contributed by atoms with Crippen molar-refractivity contribution < 1.29 is 24.2 Å². The highest BCUT2D eigenvalue weighted by Gasteiger charge is 2.21. The van der Waals surface area contributed by atoms with Crippen LogP contribution in [0.4, 0.5) is 0 Å². The molecule has 0 bridgehead atoms. The molecule has 0 atom stereocenters. The van der Waals surface area contributed by atoms with Crippen molar-refractivity contribution in [1.29, 1.82) is 0 Å². The van der Waals surface area contributed by atoms with Crippen LogP contribution in [0.25, 0.3) is 0 Å². The first-order chi connectivity index (χ1) is 11.2. The standard InChI is InChI=1S/C18H27NO5/c1-13(2)11-23-14-6-5-7-15(10-14)24-12-16(20)19-18(3,4)9-8-17(21)22/h5-7,10,13H,8-9,11-12H2,1-4H3,(H,19,20)(H,21,22). The Labute approximate surface area is 143 Å². The van der Waals surface area contributed by atoms with E-state index in [1.54, 1.807) is 32.0 Å². The van der Waals surface area contributed by atoms with Gasteiger partial charge in [0.1, 0.15) is 11.5 Å². The number of benzene rings is 1. The fourth-order valence-corrected chi connectivity index (χ4v) is 1.96. The van der Waals surface area contributed by atoms with E-state index in [0.29, 0.717) is 30.4 Å². The van der Waals surface area contributed by atoms with Gasteiger partial charge < -0.3 is 19.9 Å². The fraction of sp³-hybridized carbons (Fsp3) is 0.556. The van der Waals surface area contributed by atoms with Crippen molar-refractivity contribution in [2.75, 3.05) is 13.2 Å². The van der Waals surface area contributed by atoms with E-state index in [1.165, 1.54) is 0 Å². The Morgan fingerprint density at radius 3 is 2.42 bits per heavy atom. The van der Waals surface area contributed by atoms with Crippen LogP contribution < -0.4 is 14.8 Å². The third-order valence-corrected chi connectivity index (χ3v) is 3.20. The molecule has 0 aromatic heterocycles. The van der Waals surface area contributed by atoms with Gasteiger partial charge in [-0.15, -0.1) is 0 Å². The SMILES string of the molecule is CC(C)COc1cccc(OCC(=O)NC(C)(C)CCC(=O)O)c1. The molecular weight excluding hydrogens is 310 g/mol. The highest BCUT2D eigenvalue weighted by atomic mass is 16.5. The Hall–Kier alpha value is -2.24. The normalized spacial score (nSPS) is 11.2. The quantitative estimate of drug-likeness (QED) is 0.686. The van der Waals surface area contributed by atoms with E-state index >= 15 is 0 Å². The molecule has 0 radical (unpaired) electrons. The van der Waals surface area contributed by atoms with Gasteiger partial charge in [0, 0.05) is 18.0 Å². The third-order valence-electron chi connectivity index (χ3n) is 3.20. The van der Waals surface area contributed by atoms with Crippen LogP contribution in [0.3, 0.4) is 0 Å². The van der Waals surface area contributed by atoms with Gasteiger partial charge in [-0.05, 0) is 38.3 Å². The van der Waals surface area contributed by atoms with Gasteiger partial charge in [0.25, 0.3) is 5.91 Å². The highest BCUT2D eigenvalue weighted by Crippen LogP contribution is 2.20. The van der Waals surface area contributed by atoms with Gasteiger partial charge >= 0.3 is 5.97 Å². The smallest absolute Gasteiger partial charge is 0.303 e. The monoisotopic (exact) mass is 337 g/mol. The number of ether oxygens (including phenoxy) is 2. The summed E-state index contributed by atoms with van der Waals surface area (Å²) in [6.07, 6.45) is 0.357. The first-order valence-electron chi connectivity index (χ1n) is 8.06. The number of nitrogens with one attached hydrogen (secondary N) is 1. The summed E-state index contributed by atoms with van der Waals surface area (Å²) in [5.74, 6) is 0.497. The fourth-order valence-electron chi connectivity index (χ4n) is 1.96. The Balaban J connectivity index is 2.46. The number of rotatable bonds is 10. The van der Waals surface area contributed by atoms with Crippen molar-refractivity contribution >= 4 is 11.9 Å². The molecule has 0 spiro atoms. The number of carboxylic acids is 1. The number of hydrogen-bond acceptors (Lipinski definition) is 4.